The minimum absolute atomic E-state index is 0.734. The molecule has 0 aliphatic carbocycles. The Morgan fingerprint density at radius 3 is 2.82 bits per heavy atom. The summed E-state index contributed by atoms with van der Waals surface area (Å²) in [6.45, 7) is 0.734. The number of benzene rings is 1. The SMILES string of the molecule is COCCSc1nccn1-c1ccc(Br)cc1. The van der Waals surface area contributed by atoms with Crippen LogP contribution in [0.15, 0.2) is 46.3 Å². The van der Waals surface area contributed by atoms with Crippen molar-refractivity contribution in [2.45, 2.75) is 5.16 Å². The minimum Gasteiger partial charge on any atom is -0.384 e. The molecule has 3 nitrogen and oxygen atoms in total. The van der Waals surface area contributed by atoms with Crippen LogP contribution in [-0.2, 0) is 4.74 Å². The average Bonchev–Trinajstić information content (AvgIpc) is 2.79. The Labute approximate surface area is 113 Å². The van der Waals surface area contributed by atoms with Gasteiger partial charge < -0.3 is 4.74 Å². The number of rotatable bonds is 5. The van der Waals surface area contributed by atoms with Gasteiger partial charge in [-0.05, 0) is 24.3 Å². The van der Waals surface area contributed by atoms with Crippen molar-refractivity contribution < 1.29 is 4.74 Å². The van der Waals surface area contributed by atoms with Crippen LogP contribution in [0.4, 0.5) is 0 Å². The lowest BCUT2D eigenvalue weighted by Gasteiger charge is -2.07. The number of nitrogens with zero attached hydrogens (tertiary/aromatic N) is 2. The van der Waals surface area contributed by atoms with Crippen LogP contribution in [0.2, 0.25) is 0 Å². The van der Waals surface area contributed by atoms with Gasteiger partial charge in [-0.1, -0.05) is 27.7 Å². The molecule has 90 valence electrons. The van der Waals surface area contributed by atoms with Crippen LogP contribution in [-0.4, -0.2) is 29.0 Å². The van der Waals surface area contributed by atoms with Crippen LogP contribution in [0.5, 0.6) is 0 Å². The van der Waals surface area contributed by atoms with Gasteiger partial charge in [0.05, 0.1) is 6.61 Å². The number of hydrogen-bond donors (Lipinski definition) is 0. The van der Waals surface area contributed by atoms with Gasteiger partial charge in [0.1, 0.15) is 0 Å². The van der Waals surface area contributed by atoms with Gasteiger partial charge in [0.15, 0.2) is 5.16 Å². The first-order valence-electron chi connectivity index (χ1n) is 5.22. The van der Waals surface area contributed by atoms with Gasteiger partial charge >= 0.3 is 0 Å². The van der Waals surface area contributed by atoms with Crippen LogP contribution in [0.25, 0.3) is 5.69 Å². The Bertz CT molecular complexity index is 470. The van der Waals surface area contributed by atoms with Crippen molar-refractivity contribution in [3.63, 3.8) is 0 Å². The number of hydrogen-bond acceptors (Lipinski definition) is 3. The van der Waals surface area contributed by atoms with Crippen LogP contribution < -0.4 is 0 Å². The van der Waals surface area contributed by atoms with E-state index in [2.05, 4.69) is 37.6 Å². The number of aromatic nitrogens is 2. The summed E-state index contributed by atoms with van der Waals surface area (Å²) in [5, 5.41) is 0.990. The van der Waals surface area contributed by atoms with Crippen LogP contribution >= 0.6 is 27.7 Å². The van der Waals surface area contributed by atoms with E-state index >= 15 is 0 Å². The molecule has 0 saturated carbocycles. The topological polar surface area (TPSA) is 27.1 Å². The number of methoxy groups -OCH3 is 1. The molecule has 0 unspecified atom stereocenters. The second-order valence-electron chi connectivity index (χ2n) is 3.40. The van der Waals surface area contributed by atoms with Gasteiger partial charge in [-0.25, -0.2) is 4.98 Å². The zero-order valence-corrected chi connectivity index (χ0v) is 11.9. The van der Waals surface area contributed by atoms with Gasteiger partial charge in [-0.3, -0.25) is 4.57 Å². The van der Waals surface area contributed by atoms with Crippen molar-refractivity contribution in [2.24, 2.45) is 0 Å². The van der Waals surface area contributed by atoms with E-state index in [0.717, 1.165) is 27.7 Å². The molecule has 0 amide bonds. The molecular formula is C12H13BrN2OS. The number of imidazole rings is 1. The van der Waals surface area contributed by atoms with E-state index in [-0.39, 0.29) is 0 Å². The number of halogens is 1. The molecule has 17 heavy (non-hydrogen) atoms. The predicted octanol–water partition coefficient (Wildman–Crippen LogP) is 3.37. The lowest BCUT2D eigenvalue weighted by molar-refractivity contribution is 0.218. The maximum atomic E-state index is 5.04. The molecular weight excluding hydrogens is 300 g/mol. The minimum atomic E-state index is 0.734. The van der Waals surface area contributed by atoms with Crippen molar-refractivity contribution in [3.05, 3.63) is 41.1 Å². The molecule has 0 atom stereocenters. The Balaban J connectivity index is 2.15. The molecule has 5 heteroatoms. The summed E-state index contributed by atoms with van der Waals surface area (Å²) in [6, 6.07) is 8.18. The van der Waals surface area contributed by atoms with Gasteiger partial charge in [-0.15, -0.1) is 0 Å². The third-order valence-electron chi connectivity index (χ3n) is 2.23. The molecule has 0 fully saturated rings. The molecule has 0 spiro atoms. The fourth-order valence-corrected chi connectivity index (χ4v) is 2.55. The highest BCUT2D eigenvalue weighted by molar-refractivity contribution is 9.10. The zero-order chi connectivity index (χ0) is 12.1. The van der Waals surface area contributed by atoms with Crippen LogP contribution in [0.3, 0.4) is 0 Å². The van der Waals surface area contributed by atoms with E-state index in [0.29, 0.717) is 0 Å². The lowest BCUT2D eigenvalue weighted by Crippen LogP contribution is -1.97. The largest absolute Gasteiger partial charge is 0.384 e. The van der Waals surface area contributed by atoms with Crippen molar-refractivity contribution in [1.29, 1.82) is 0 Å². The Kier molecular flexibility index (Phi) is 4.65. The summed E-state index contributed by atoms with van der Waals surface area (Å²) in [7, 11) is 1.71. The molecule has 0 N–H and O–H groups in total. The maximum absolute atomic E-state index is 5.04. The predicted molar refractivity (Wildman–Crippen MR) is 73.9 cm³/mol. The normalized spacial score (nSPS) is 10.7. The van der Waals surface area contributed by atoms with E-state index in [1.165, 1.54) is 0 Å². The third-order valence-corrected chi connectivity index (χ3v) is 3.69. The van der Waals surface area contributed by atoms with Gasteiger partial charge in [0.2, 0.25) is 0 Å². The summed E-state index contributed by atoms with van der Waals surface area (Å²) in [5.74, 6) is 0.907. The molecule has 1 heterocycles. The molecule has 2 rings (SSSR count). The van der Waals surface area contributed by atoms with Gasteiger partial charge in [-0.2, -0.15) is 0 Å². The first-order valence-corrected chi connectivity index (χ1v) is 7.00. The van der Waals surface area contributed by atoms with Crippen LogP contribution in [0.1, 0.15) is 0 Å². The molecule has 0 radical (unpaired) electrons. The van der Waals surface area contributed by atoms with E-state index in [1.54, 1.807) is 18.9 Å². The smallest absolute Gasteiger partial charge is 0.172 e. The summed E-state index contributed by atoms with van der Waals surface area (Å²) < 4.78 is 8.19. The standard InChI is InChI=1S/C12H13BrN2OS/c1-16-8-9-17-12-14-6-7-15(12)11-4-2-10(13)3-5-11/h2-7H,8-9H2,1H3. The fraction of sp³-hybridized carbons (Fsp3) is 0.250. The highest BCUT2D eigenvalue weighted by atomic mass is 79.9. The van der Waals surface area contributed by atoms with Gasteiger partial charge in [0, 0.05) is 35.4 Å². The van der Waals surface area contributed by atoms with Crippen molar-refractivity contribution >= 4 is 27.7 Å². The van der Waals surface area contributed by atoms with E-state index < -0.39 is 0 Å². The Hall–Kier alpha value is -0.780. The quantitative estimate of drug-likeness (QED) is 0.625. The third kappa shape index (κ3) is 3.34. The highest BCUT2D eigenvalue weighted by Crippen LogP contribution is 2.21. The molecule has 0 bridgehead atoms. The molecule has 1 aromatic carbocycles. The van der Waals surface area contributed by atoms with Gasteiger partial charge in [0.25, 0.3) is 0 Å². The molecule has 0 aliphatic heterocycles. The summed E-state index contributed by atoms with van der Waals surface area (Å²) >= 11 is 5.12. The lowest BCUT2D eigenvalue weighted by atomic mass is 10.3. The van der Waals surface area contributed by atoms with Crippen molar-refractivity contribution in [1.82, 2.24) is 9.55 Å². The first kappa shape index (κ1) is 12.7. The average molecular weight is 313 g/mol. The maximum Gasteiger partial charge on any atom is 0.172 e. The Morgan fingerprint density at radius 1 is 1.35 bits per heavy atom. The summed E-state index contributed by atoms with van der Waals surface area (Å²) in [6.07, 6.45) is 3.79. The molecule has 0 saturated heterocycles. The van der Waals surface area contributed by atoms with Crippen molar-refractivity contribution in [3.8, 4) is 5.69 Å². The van der Waals surface area contributed by atoms with Crippen molar-refractivity contribution in [2.75, 3.05) is 19.5 Å². The zero-order valence-electron chi connectivity index (χ0n) is 9.47. The first-order chi connectivity index (χ1) is 8.31. The number of ether oxygens (including phenoxy) is 1. The summed E-state index contributed by atoms with van der Waals surface area (Å²) in [4.78, 5) is 4.35. The fourth-order valence-electron chi connectivity index (χ4n) is 1.41. The molecule has 1 aromatic heterocycles. The van der Waals surface area contributed by atoms with E-state index in [1.807, 2.05) is 24.5 Å². The second-order valence-corrected chi connectivity index (χ2v) is 5.38. The Morgan fingerprint density at radius 2 is 2.12 bits per heavy atom. The highest BCUT2D eigenvalue weighted by Gasteiger charge is 2.05. The molecule has 0 aliphatic rings. The molecule has 2 aromatic rings. The van der Waals surface area contributed by atoms with Crippen LogP contribution in [0, 0.1) is 0 Å². The van der Waals surface area contributed by atoms with E-state index in [4.69, 9.17) is 4.74 Å². The second kappa shape index (κ2) is 6.23. The van der Waals surface area contributed by atoms with E-state index in [9.17, 15) is 0 Å². The number of thioether (sulfide) groups is 1. The monoisotopic (exact) mass is 312 g/mol. The summed E-state index contributed by atoms with van der Waals surface area (Å²) in [5.41, 5.74) is 1.12.